The van der Waals surface area contributed by atoms with E-state index in [1.54, 1.807) is 6.07 Å². The summed E-state index contributed by atoms with van der Waals surface area (Å²) in [6.45, 7) is 2.85. The van der Waals surface area contributed by atoms with Gasteiger partial charge in [-0.15, -0.1) is 0 Å². The molecule has 0 aliphatic heterocycles. The first-order valence-corrected chi connectivity index (χ1v) is 8.11. The average molecular weight is 368 g/mol. The van der Waals surface area contributed by atoms with Crippen molar-refractivity contribution in [2.24, 2.45) is 0 Å². The molecular weight excluding hydrogens is 352 g/mol. The number of aromatic nitrogens is 1. The van der Waals surface area contributed by atoms with Gasteiger partial charge in [-0.1, -0.05) is 27.5 Å². The molecule has 21 heavy (non-hydrogen) atoms. The van der Waals surface area contributed by atoms with E-state index in [-0.39, 0.29) is 0 Å². The molecule has 1 aliphatic carbocycles. The molecule has 1 aromatic carbocycles. The molecule has 0 amide bonds. The number of benzene rings is 1. The molecule has 1 N–H and O–H groups in total. The number of hydrogen-bond donors (Lipinski definition) is 1. The van der Waals surface area contributed by atoms with E-state index < -0.39 is 0 Å². The van der Waals surface area contributed by atoms with Crippen LogP contribution in [0.1, 0.15) is 24.0 Å². The first kappa shape index (κ1) is 14.8. The standard InChI is InChI=1S/C16H16BrClN2O/c1-10-6-11(8-19-13-3-4-13)9-20-16(10)21-15-5-2-12(17)7-14(15)18/h2,5-7,9,13,19H,3-4,8H2,1H3. The summed E-state index contributed by atoms with van der Waals surface area (Å²) in [6.07, 6.45) is 4.43. The molecular formula is C16H16BrClN2O. The Morgan fingerprint density at radius 2 is 2.19 bits per heavy atom. The zero-order chi connectivity index (χ0) is 14.8. The smallest absolute Gasteiger partial charge is 0.222 e. The summed E-state index contributed by atoms with van der Waals surface area (Å²) < 4.78 is 6.73. The monoisotopic (exact) mass is 366 g/mol. The lowest BCUT2D eigenvalue weighted by atomic mass is 10.2. The lowest BCUT2D eigenvalue weighted by molar-refractivity contribution is 0.458. The molecule has 5 heteroatoms. The molecule has 0 spiro atoms. The van der Waals surface area contributed by atoms with Crippen LogP contribution in [0.4, 0.5) is 0 Å². The zero-order valence-corrected chi connectivity index (χ0v) is 14.0. The largest absolute Gasteiger partial charge is 0.437 e. The molecule has 2 aromatic rings. The first-order valence-electron chi connectivity index (χ1n) is 6.93. The van der Waals surface area contributed by atoms with E-state index in [0.717, 1.165) is 16.6 Å². The summed E-state index contributed by atoms with van der Waals surface area (Å²) in [5.41, 5.74) is 2.18. The predicted molar refractivity (Wildman–Crippen MR) is 88.1 cm³/mol. The third-order valence-electron chi connectivity index (χ3n) is 3.36. The van der Waals surface area contributed by atoms with Crippen molar-refractivity contribution < 1.29 is 4.74 Å². The number of nitrogens with zero attached hydrogens (tertiary/aromatic N) is 1. The van der Waals surface area contributed by atoms with Gasteiger partial charge in [-0.3, -0.25) is 0 Å². The first-order chi connectivity index (χ1) is 10.1. The molecule has 3 nitrogen and oxygen atoms in total. The number of aryl methyl sites for hydroxylation is 1. The van der Waals surface area contributed by atoms with Crippen LogP contribution in [0.5, 0.6) is 11.6 Å². The second kappa shape index (κ2) is 6.34. The van der Waals surface area contributed by atoms with Gasteiger partial charge >= 0.3 is 0 Å². The van der Waals surface area contributed by atoms with Gasteiger partial charge < -0.3 is 10.1 Å². The van der Waals surface area contributed by atoms with E-state index >= 15 is 0 Å². The van der Waals surface area contributed by atoms with Gasteiger partial charge in [0.25, 0.3) is 0 Å². The Bertz CT molecular complexity index is 659. The van der Waals surface area contributed by atoms with Gasteiger partial charge in [0.05, 0.1) is 5.02 Å². The second-order valence-electron chi connectivity index (χ2n) is 5.30. The molecule has 1 fully saturated rings. The highest BCUT2D eigenvalue weighted by atomic mass is 79.9. The van der Waals surface area contributed by atoms with Crippen LogP contribution in [0.3, 0.4) is 0 Å². The van der Waals surface area contributed by atoms with Gasteiger partial charge in [-0.25, -0.2) is 4.98 Å². The Balaban J connectivity index is 1.72. The van der Waals surface area contributed by atoms with Gasteiger partial charge in [0, 0.05) is 28.8 Å². The molecule has 1 aliphatic rings. The van der Waals surface area contributed by atoms with Crippen molar-refractivity contribution in [3.63, 3.8) is 0 Å². The van der Waals surface area contributed by atoms with Crippen molar-refractivity contribution in [3.8, 4) is 11.6 Å². The van der Waals surface area contributed by atoms with Crippen molar-refractivity contribution in [2.45, 2.75) is 32.4 Å². The van der Waals surface area contributed by atoms with E-state index in [9.17, 15) is 0 Å². The van der Waals surface area contributed by atoms with Crippen LogP contribution in [0.15, 0.2) is 34.9 Å². The molecule has 3 rings (SSSR count). The van der Waals surface area contributed by atoms with Crippen LogP contribution in [0.25, 0.3) is 0 Å². The van der Waals surface area contributed by atoms with Gasteiger partial charge in [0.1, 0.15) is 5.75 Å². The summed E-state index contributed by atoms with van der Waals surface area (Å²) in [6, 6.07) is 8.33. The van der Waals surface area contributed by atoms with Crippen LogP contribution < -0.4 is 10.1 Å². The van der Waals surface area contributed by atoms with Gasteiger partial charge in [0.15, 0.2) is 0 Å². The van der Waals surface area contributed by atoms with Gasteiger partial charge in [-0.05, 0) is 49.6 Å². The Kier molecular flexibility index (Phi) is 4.48. The van der Waals surface area contributed by atoms with E-state index in [1.165, 1.54) is 18.4 Å². The maximum absolute atomic E-state index is 6.16. The zero-order valence-electron chi connectivity index (χ0n) is 11.7. The highest BCUT2D eigenvalue weighted by Gasteiger charge is 2.20. The molecule has 1 aromatic heterocycles. The maximum Gasteiger partial charge on any atom is 0.222 e. The van der Waals surface area contributed by atoms with Crippen molar-refractivity contribution in [1.82, 2.24) is 10.3 Å². The Labute approximate surface area is 137 Å². The fraction of sp³-hybridized carbons (Fsp3) is 0.312. The quantitative estimate of drug-likeness (QED) is 0.820. The summed E-state index contributed by atoms with van der Waals surface area (Å²) in [5, 5.41) is 4.04. The molecule has 0 unspecified atom stereocenters. The van der Waals surface area contributed by atoms with Crippen LogP contribution in [-0.2, 0) is 6.54 Å². The van der Waals surface area contributed by atoms with Crippen molar-refractivity contribution in [3.05, 3.63) is 51.1 Å². The van der Waals surface area contributed by atoms with E-state index in [0.29, 0.717) is 22.7 Å². The topological polar surface area (TPSA) is 34.2 Å². The number of halogens is 2. The lowest BCUT2D eigenvalue weighted by Gasteiger charge is -2.11. The fourth-order valence-corrected chi connectivity index (χ4v) is 2.75. The summed E-state index contributed by atoms with van der Waals surface area (Å²) in [4.78, 5) is 4.40. The predicted octanol–water partition coefficient (Wildman–Crippen LogP) is 4.85. The minimum atomic E-state index is 0.560. The van der Waals surface area contributed by atoms with E-state index in [2.05, 4.69) is 32.3 Å². The summed E-state index contributed by atoms with van der Waals surface area (Å²) in [7, 11) is 0. The Hall–Kier alpha value is -1.10. The van der Waals surface area contributed by atoms with Crippen LogP contribution in [-0.4, -0.2) is 11.0 Å². The van der Waals surface area contributed by atoms with E-state index in [4.69, 9.17) is 16.3 Å². The number of hydrogen-bond acceptors (Lipinski definition) is 3. The molecule has 0 atom stereocenters. The molecule has 0 saturated heterocycles. The molecule has 0 radical (unpaired) electrons. The number of rotatable bonds is 5. The molecule has 1 saturated carbocycles. The maximum atomic E-state index is 6.16. The minimum absolute atomic E-state index is 0.560. The highest BCUT2D eigenvalue weighted by Crippen LogP contribution is 2.32. The molecule has 0 bridgehead atoms. The summed E-state index contributed by atoms with van der Waals surface area (Å²) >= 11 is 9.54. The van der Waals surface area contributed by atoms with Crippen LogP contribution >= 0.6 is 27.5 Å². The average Bonchev–Trinajstić information content (AvgIpc) is 3.26. The Morgan fingerprint density at radius 3 is 2.86 bits per heavy atom. The molecule has 110 valence electrons. The summed E-state index contributed by atoms with van der Waals surface area (Å²) in [5.74, 6) is 1.20. The number of nitrogens with one attached hydrogen (secondary N) is 1. The lowest BCUT2D eigenvalue weighted by Crippen LogP contribution is -2.15. The Morgan fingerprint density at radius 1 is 1.38 bits per heavy atom. The highest BCUT2D eigenvalue weighted by molar-refractivity contribution is 9.10. The van der Waals surface area contributed by atoms with E-state index in [1.807, 2.05) is 25.3 Å². The normalized spacial score (nSPS) is 14.2. The van der Waals surface area contributed by atoms with Crippen LogP contribution in [0, 0.1) is 6.92 Å². The van der Waals surface area contributed by atoms with Crippen molar-refractivity contribution in [2.75, 3.05) is 0 Å². The van der Waals surface area contributed by atoms with Gasteiger partial charge in [0.2, 0.25) is 5.88 Å². The molecule has 1 heterocycles. The number of pyridine rings is 1. The van der Waals surface area contributed by atoms with Gasteiger partial charge in [-0.2, -0.15) is 0 Å². The van der Waals surface area contributed by atoms with Crippen molar-refractivity contribution in [1.29, 1.82) is 0 Å². The van der Waals surface area contributed by atoms with Crippen molar-refractivity contribution >= 4 is 27.5 Å². The number of ether oxygens (including phenoxy) is 1. The van der Waals surface area contributed by atoms with Crippen LogP contribution in [0.2, 0.25) is 5.02 Å². The fourth-order valence-electron chi connectivity index (χ4n) is 2.04. The minimum Gasteiger partial charge on any atom is -0.437 e. The third kappa shape index (κ3) is 3.96. The second-order valence-corrected chi connectivity index (χ2v) is 6.62. The third-order valence-corrected chi connectivity index (χ3v) is 4.15. The SMILES string of the molecule is Cc1cc(CNC2CC2)cnc1Oc1ccc(Br)cc1Cl.